The van der Waals surface area contributed by atoms with E-state index in [4.69, 9.17) is 4.74 Å². The van der Waals surface area contributed by atoms with Crippen LogP contribution in [0.1, 0.15) is 23.4 Å². The summed E-state index contributed by atoms with van der Waals surface area (Å²) in [5.74, 6) is 0.576. The van der Waals surface area contributed by atoms with Gasteiger partial charge >= 0.3 is 0 Å². The molecule has 0 atom stereocenters. The molecule has 0 spiro atoms. The lowest BCUT2D eigenvalue weighted by Gasteiger charge is -2.14. The minimum Gasteiger partial charge on any atom is -0.496 e. The van der Waals surface area contributed by atoms with E-state index in [-0.39, 0.29) is 18.0 Å². The number of carbonyl (C=O) groups is 1. The van der Waals surface area contributed by atoms with Crippen LogP contribution >= 0.6 is 0 Å². The number of para-hydroxylation sites is 1. The van der Waals surface area contributed by atoms with Crippen molar-refractivity contribution in [1.82, 2.24) is 24.8 Å². The highest BCUT2D eigenvalue weighted by atomic mass is 16.5. The molecule has 0 bridgehead atoms. The first-order chi connectivity index (χ1) is 18.6. The molecule has 5 rings (SSSR count). The number of hydrogen-bond donors (Lipinski definition) is 2. The first kappa shape index (κ1) is 25.0. The van der Waals surface area contributed by atoms with E-state index in [0.717, 1.165) is 46.3 Å². The number of methoxy groups -OCH3 is 1. The molecule has 3 aromatic heterocycles. The third-order valence-corrected chi connectivity index (χ3v) is 6.50. The first-order valence-corrected chi connectivity index (χ1v) is 12.6. The zero-order valence-electron chi connectivity index (χ0n) is 21.2. The average molecular weight is 508 g/mol. The topological polar surface area (TPSA) is 102 Å². The normalized spacial score (nSPS) is 11.0. The van der Waals surface area contributed by atoms with Crippen LogP contribution in [0, 0.1) is 0 Å². The molecule has 0 radical (unpaired) electrons. The van der Waals surface area contributed by atoms with Crippen LogP contribution in [0.2, 0.25) is 0 Å². The van der Waals surface area contributed by atoms with Gasteiger partial charge in [-0.2, -0.15) is 0 Å². The second-order valence-corrected chi connectivity index (χ2v) is 9.05. The molecule has 0 aliphatic rings. The minimum absolute atomic E-state index is 0.104. The van der Waals surface area contributed by atoms with Crippen LogP contribution in [0.4, 0.5) is 0 Å². The van der Waals surface area contributed by atoms with Gasteiger partial charge in [0.15, 0.2) is 0 Å². The molecule has 0 fully saturated rings. The zero-order valence-corrected chi connectivity index (χ0v) is 21.2. The van der Waals surface area contributed by atoms with E-state index in [1.165, 1.54) is 4.57 Å². The number of nitrogens with zero attached hydrogens (tertiary/aromatic N) is 3. The van der Waals surface area contributed by atoms with Crippen LogP contribution in [0.5, 0.6) is 5.75 Å². The number of aromatic nitrogens is 4. The predicted molar refractivity (Wildman–Crippen MR) is 147 cm³/mol. The molecule has 0 saturated heterocycles. The molecule has 0 unspecified atom stereocenters. The molecular formula is C30H29N5O3. The zero-order chi connectivity index (χ0) is 26.3. The molecule has 38 heavy (non-hydrogen) atoms. The average Bonchev–Trinajstić information content (AvgIpc) is 3.38. The fourth-order valence-electron chi connectivity index (χ4n) is 4.57. The van der Waals surface area contributed by atoms with Crippen molar-refractivity contribution < 1.29 is 9.53 Å². The number of aryl methyl sites for hydroxylation is 2. The number of amides is 1. The third-order valence-electron chi connectivity index (χ3n) is 6.50. The summed E-state index contributed by atoms with van der Waals surface area (Å²) in [6.45, 7) is 0.215. The number of aromatic amines is 1. The molecule has 0 aliphatic carbocycles. The molecule has 192 valence electrons. The van der Waals surface area contributed by atoms with Gasteiger partial charge in [0.05, 0.1) is 25.5 Å². The SMILES string of the molecule is COc1ccccc1CCCc1ncc(-c2ccccc2)n(CC(=O)NCc2cc3cnccc3[nH]2)c1=O. The maximum atomic E-state index is 13.5. The molecular weight excluding hydrogens is 478 g/mol. The van der Waals surface area contributed by atoms with Crippen LogP contribution in [-0.4, -0.2) is 32.5 Å². The van der Waals surface area contributed by atoms with Crippen molar-refractivity contribution in [2.75, 3.05) is 7.11 Å². The number of ether oxygens (including phenoxy) is 1. The van der Waals surface area contributed by atoms with E-state index in [2.05, 4.69) is 20.3 Å². The Morgan fingerprint density at radius 1 is 1.03 bits per heavy atom. The third kappa shape index (κ3) is 5.64. The summed E-state index contributed by atoms with van der Waals surface area (Å²) in [4.78, 5) is 38.4. The Hall–Kier alpha value is -4.72. The number of fused-ring (bicyclic) bond motifs is 1. The van der Waals surface area contributed by atoms with E-state index in [1.807, 2.05) is 66.7 Å². The fourth-order valence-corrected chi connectivity index (χ4v) is 4.57. The quantitative estimate of drug-likeness (QED) is 0.294. The fraction of sp³-hybridized carbons (Fsp3) is 0.200. The van der Waals surface area contributed by atoms with E-state index in [9.17, 15) is 9.59 Å². The van der Waals surface area contributed by atoms with Gasteiger partial charge in [0.2, 0.25) is 5.91 Å². The largest absolute Gasteiger partial charge is 0.496 e. The van der Waals surface area contributed by atoms with Crippen molar-refractivity contribution >= 4 is 16.8 Å². The van der Waals surface area contributed by atoms with Gasteiger partial charge in [-0.25, -0.2) is 0 Å². The predicted octanol–water partition coefficient (Wildman–Crippen LogP) is 4.29. The summed E-state index contributed by atoms with van der Waals surface area (Å²) in [7, 11) is 1.65. The number of carbonyl (C=O) groups excluding carboxylic acids is 1. The highest BCUT2D eigenvalue weighted by Gasteiger charge is 2.15. The summed E-state index contributed by atoms with van der Waals surface area (Å²) in [6, 6.07) is 21.2. The van der Waals surface area contributed by atoms with Gasteiger partial charge in [0.1, 0.15) is 18.0 Å². The van der Waals surface area contributed by atoms with Crippen LogP contribution < -0.4 is 15.6 Å². The van der Waals surface area contributed by atoms with Gasteiger partial charge in [-0.3, -0.25) is 24.1 Å². The van der Waals surface area contributed by atoms with E-state index in [1.54, 1.807) is 25.7 Å². The summed E-state index contributed by atoms with van der Waals surface area (Å²) in [6.07, 6.45) is 7.16. The van der Waals surface area contributed by atoms with Gasteiger partial charge in [-0.15, -0.1) is 0 Å². The van der Waals surface area contributed by atoms with Gasteiger partial charge in [0.25, 0.3) is 5.56 Å². The molecule has 1 amide bonds. The van der Waals surface area contributed by atoms with Gasteiger partial charge in [-0.1, -0.05) is 48.5 Å². The monoisotopic (exact) mass is 507 g/mol. The van der Waals surface area contributed by atoms with E-state index < -0.39 is 0 Å². The summed E-state index contributed by atoms with van der Waals surface area (Å²) < 4.78 is 6.96. The maximum absolute atomic E-state index is 13.5. The van der Waals surface area contributed by atoms with Crippen molar-refractivity contribution in [3.8, 4) is 17.0 Å². The van der Waals surface area contributed by atoms with Crippen molar-refractivity contribution in [2.24, 2.45) is 0 Å². The smallest absolute Gasteiger partial charge is 0.273 e. The maximum Gasteiger partial charge on any atom is 0.273 e. The lowest BCUT2D eigenvalue weighted by atomic mass is 10.1. The number of H-pyrrole nitrogens is 1. The number of pyridine rings is 1. The van der Waals surface area contributed by atoms with E-state index >= 15 is 0 Å². The summed E-state index contributed by atoms with van der Waals surface area (Å²) in [5.41, 5.74) is 4.53. The number of hydrogen-bond acceptors (Lipinski definition) is 5. The Kier molecular flexibility index (Phi) is 7.59. The van der Waals surface area contributed by atoms with Crippen molar-refractivity contribution in [3.63, 3.8) is 0 Å². The Balaban J connectivity index is 1.33. The molecule has 0 saturated carbocycles. The molecule has 2 aromatic carbocycles. The van der Waals surface area contributed by atoms with Gasteiger partial charge in [0, 0.05) is 29.0 Å². The second kappa shape index (κ2) is 11.6. The van der Waals surface area contributed by atoms with Crippen LogP contribution in [0.15, 0.2) is 90.1 Å². The Labute approximate surface area is 220 Å². The molecule has 0 aliphatic heterocycles. The summed E-state index contributed by atoms with van der Waals surface area (Å²) in [5, 5.41) is 3.90. The highest BCUT2D eigenvalue weighted by Crippen LogP contribution is 2.20. The Bertz CT molecular complexity index is 1570. The minimum atomic E-state index is -0.257. The number of benzene rings is 2. The summed E-state index contributed by atoms with van der Waals surface area (Å²) >= 11 is 0. The van der Waals surface area contributed by atoms with Crippen LogP contribution in [-0.2, 0) is 30.7 Å². The molecule has 5 aromatic rings. The standard InChI is InChI=1S/C30H29N5O3/c1-38-28-13-6-5-10-22(28)11-7-12-26-30(37)35(27(19-32-26)21-8-3-2-4-9-21)20-29(36)33-18-24-16-23-17-31-15-14-25(23)34-24/h2-6,8-10,13-17,19,34H,7,11-12,18,20H2,1H3,(H,33,36). The second-order valence-electron chi connectivity index (χ2n) is 9.05. The van der Waals surface area contributed by atoms with Crippen LogP contribution in [0.3, 0.4) is 0 Å². The molecule has 8 nitrogen and oxygen atoms in total. The Morgan fingerprint density at radius 2 is 1.84 bits per heavy atom. The lowest BCUT2D eigenvalue weighted by Crippen LogP contribution is -2.34. The van der Waals surface area contributed by atoms with Crippen molar-refractivity contribution in [2.45, 2.75) is 32.4 Å². The number of rotatable bonds is 10. The molecule has 8 heteroatoms. The number of nitrogens with one attached hydrogen (secondary N) is 2. The van der Waals surface area contributed by atoms with Crippen LogP contribution in [0.25, 0.3) is 22.2 Å². The Morgan fingerprint density at radius 3 is 2.66 bits per heavy atom. The lowest BCUT2D eigenvalue weighted by molar-refractivity contribution is -0.121. The van der Waals surface area contributed by atoms with Gasteiger partial charge in [-0.05, 0) is 48.6 Å². The van der Waals surface area contributed by atoms with Gasteiger partial charge < -0.3 is 15.0 Å². The highest BCUT2D eigenvalue weighted by molar-refractivity contribution is 5.80. The molecule has 2 N–H and O–H groups in total. The first-order valence-electron chi connectivity index (χ1n) is 12.6. The van der Waals surface area contributed by atoms with Crippen molar-refractivity contribution in [3.05, 3.63) is 113 Å². The molecule has 3 heterocycles. The van der Waals surface area contributed by atoms with Crippen molar-refractivity contribution in [1.29, 1.82) is 0 Å². The van der Waals surface area contributed by atoms with E-state index in [0.29, 0.717) is 24.4 Å².